The van der Waals surface area contributed by atoms with Crippen LogP contribution >= 0.6 is 0 Å². The number of methoxy groups -OCH3 is 1. The third-order valence-corrected chi connectivity index (χ3v) is 2.83. The van der Waals surface area contributed by atoms with Gasteiger partial charge < -0.3 is 10.1 Å². The zero-order valence-corrected chi connectivity index (χ0v) is 9.75. The Bertz CT molecular complexity index is 148. The number of rotatable bonds is 8. The molecule has 0 radical (unpaired) electrons. The van der Waals surface area contributed by atoms with Crippen molar-refractivity contribution < 1.29 is 4.74 Å². The molecule has 14 heavy (non-hydrogen) atoms. The summed E-state index contributed by atoms with van der Waals surface area (Å²) < 4.78 is 5.14. The van der Waals surface area contributed by atoms with Crippen molar-refractivity contribution in [2.24, 2.45) is 0 Å². The minimum absolute atomic E-state index is 0.637. The third kappa shape index (κ3) is 3.95. The van der Waals surface area contributed by atoms with Gasteiger partial charge in [0.15, 0.2) is 0 Å². The summed E-state index contributed by atoms with van der Waals surface area (Å²) in [5, 5.41) is 3.41. The molecule has 1 saturated carbocycles. The number of hydrogen-bond acceptors (Lipinski definition) is 3. The quantitative estimate of drug-likeness (QED) is 0.635. The Morgan fingerprint density at radius 2 is 2.21 bits per heavy atom. The molecule has 84 valence electrons. The maximum Gasteiger partial charge on any atom is 0.0589 e. The van der Waals surface area contributed by atoms with Crippen LogP contribution in [0.3, 0.4) is 0 Å². The second-order valence-electron chi connectivity index (χ2n) is 4.12. The molecule has 0 saturated heterocycles. The predicted octanol–water partition coefficient (Wildman–Crippen LogP) is 1.10. The topological polar surface area (TPSA) is 24.5 Å². The first-order valence-corrected chi connectivity index (χ1v) is 5.75. The molecule has 0 aliphatic heterocycles. The lowest BCUT2D eigenvalue weighted by atomic mass is 10.2. The molecule has 0 spiro atoms. The van der Waals surface area contributed by atoms with E-state index >= 15 is 0 Å². The van der Waals surface area contributed by atoms with Gasteiger partial charge in [-0.2, -0.15) is 0 Å². The van der Waals surface area contributed by atoms with Crippen molar-refractivity contribution in [3.05, 3.63) is 0 Å². The van der Waals surface area contributed by atoms with E-state index in [0.717, 1.165) is 32.3 Å². The Hall–Kier alpha value is -0.120. The summed E-state index contributed by atoms with van der Waals surface area (Å²) >= 11 is 0. The lowest BCUT2D eigenvalue weighted by molar-refractivity contribution is 0.118. The van der Waals surface area contributed by atoms with E-state index in [1.165, 1.54) is 12.8 Å². The largest absolute Gasteiger partial charge is 0.383 e. The fourth-order valence-corrected chi connectivity index (χ4v) is 1.84. The van der Waals surface area contributed by atoms with Gasteiger partial charge in [-0.05, 0) is 26.3 Å². The minimum atomic E-state index is 0.637. The van der Waals surface area contributed by atoms with Gasteiger partial charge in [-0.1, -0.05) is 6.92 Å². The standard InChI is InChI=1S/C11H24N2O/c1-4-12-9-10(2)13(7-8-14-3)11-5-6-11/h10-12H,4-9H2,1-3H3. The van der Waals surface area contributed by atoms with E-state index in [4.69, 9.17) is 4.74 Å². The predicted molar refractivity (Wildman–Crippen MR) is 59.6 cm³/mol. The maximum absolute atomic E-state index is 5.14. The van der Waals surface area contributed by atoms with Crippen LogP contribution in [0.5, 0.6) is 0 Å². The van der Waals surface area contributed by atoms with Crippen molar-refractivity contribution in [1.29, 1.82) is 0 Å². The van der Waals surface area contributed by atoms with Crippen molar-refractivity contribution >= 4 is 0 Å². The number of hydrogen-bond donors (Lipinski definition) is 1. The second-order valence-corrected chi connectivity index (χ2v) is 4.12. The molecule has 0 bridgehead atoms. The highest BCUT2D eigenvalue weighted by atomic mass is 16.5. The van der Waals surface area contributed by atoms with Gasteiger partial charge in [0.1, 0.15) is 0 Å². The van der Waals surface area contributed by atoms with E-state index in [1.54, 1.807) is 7.11 Å². The molecular formula is C11H24N2O. The van der Waals surface area contributed by atoms with Gasteiger partial charge in [0.05, 0.1) is 6.61 Å². The second kappa shape index (κ2) is 6.38. The van der Waals surface area contributed by atoms with Crippen LogP contribution in [0.1, 0.15) is 26.7 Å². The number of nitrogens with zero attached hydrogens (tertiary/aromatic N) is 1. The van der Waals surface area contributed by atoms with Gasteiger partial charge in [-0.3, -0.25) is 4.90 Å². The summed E-state index contributed by atoms with van der Waals surface area (Å²) in [4.78, 5) is 2.58. The Balaban J connectivity index is 2.24. The van der Waals surface area contributed by atoms with E-state index in [-0.39, 0.29) is 0 Å². The summed E-state index contributed by atoms with van der Waals surface area (Å²) in [6.07, 6.45) is 2.75. The van der Waals surface area contributed by atoms with Crippen LogP contribution < -0.4 is 5.32 Å². The molecule has 0 aromatic carbocycles. The van der Waals surface area contributed by atoms with Crippen LogP contribution in [-0.4, -0.2) is 50.3 Å². The average molecular weight is 200 g/mol. The smallest absolute Gasteiger partial charge is 0.0589 e. The van der Waals surface area contributed by atoms with Gasteiger partial charge in [0.25, 0.3) is 0 Å². The molecule has 0 aromatic rings. The zero-order valence-electron chi connectivity index (χ0n) is 9.75. The molecule has 0 amide bonds. The summed E-state index contributed by atoms with van der Waals surface area (Å²) in [6.45, 7) is 8.55. The summed E-state index contributed by atoms with van der Waals surface area (Å²) in [5.74, 6) is 0. The summed E-state index contributed by atoms with van der Waals surface area (Å²) in [6, 6.07) is 1.47. The van der Waals surface area contributed by atoms with Crippen LogP contribution in [0.25, 0.3) is 0 Å². The van der Waals surface area contributed by atoms with E-state index in [0.29, 0.717) is 6.04 Å². The molecular weight excluding hydrogens is 176 g/mol. The van der Waals surface area contributed by atoms with Crippen molar-refractivity contribution in [2.75, 3.05) is 33.4 Å². The minimum Gasteiger partial charge on any atom is -0.383 e. The first kappa shape index (κ1) is 12.0. The highest BCUT2D eigenvalue weighted by molar-refractivity contribution is 4.87. The van der Waals surface area contributed by atoms with Crippen molar-refractivity contribution in [1.82, 2.24) is 10.2 Å². The highest BCUT2D eigenvalue weighted by Gasteiger charge is 2.31. The monoisotopic (exact) mass is 200 g/mol. The van der Waals surface area contributed by atoms with Crippen LogP contribution in [0, 0.1) is 0 Å². The molecule has 1 fully saturated rings. The Morgan fingerprint density at radius 3 is 2.71 bits per heavy atom. The summed E-state index contributed by atoms with van der Waals surface area (Å²) in [5.41, 5.74) is 0. The normalized spacial score (nSPS) is 18.9. The number of nitrogens with one attached hydrogen (secondary N) is 1. The molecule has 0 aromatic heterocycles. The SMILES string of the molecule is CCNCC(C)N(CCOC)C1CC1. The van der Waals surface area contributed by atoms with Crippen molar-refractivity contribution in [2.45, 2.75) is 38.8 Å². The molecule has 1 unspecified atom stereocenters. The van der Waals surface area contributed by atoms with E-state index in [1.807, 2.05) is 0 Å². The van der Waals surface area contributed by atoms with Crippen LogP contribution in [0.4, 0.5) is 0 Å². The fourth-order valence-electron chi connectivity index (χ4n) is 1.84. The van der Waals surface area contributed by atoms with E-state index in [9.17, 15) is 0 Å². The Labute approximate surface area is 87.8 Å². The first-order valence-electron chi connectivity index (χ1n) is 5.75. The maximum atomic E-state index is 5.14. The molecule has 3 heteroatoms. The third-order valence-electron chi connectivity index (χ3n) is 2.83. The molecule has 0 heterocycles. The van der Waals surface area contributed by atoms with Gasteiger partial charge in [0, 0.05) is 32.3 Å². The van der Waals surface area contributed by atoms with E-state index < -0.39 is 0 Å². The lowest BCUT2D eigenvalue weighted by Gasteiger charge is -2.29. The molecule has 1 rings (SSSR count). The van der Waals surface area contributed by atoms with E-state index in [2.05, 4.69) is 24.1 Å². The number of ether oxygens (including phenoxy) is 1. The zero-order chi connectivity index (χ0) is 10.4. The van der Waals surface area contributed by atoms with Crippen LogP contribution in [-0.2, 0) is 4.74 Å². The van der Waals surface area contributed by atoms with Gasteiger partial charge >= 0.3 is 0 Å². The highest BCUT2D eigenvalue weighted by Crippen LogP contribution is 2.28. The molecule has 1 aliphatic rings. The molecule has 1 N–H and O–H groups in total. The molecule has 1 atom stereocenters. The molecule has 3 nitrogen and oxygen atoms in total. The fraction of sp³-hybridized carbons (Fsp3) is 1.00. The Morgan fingerprint density at radius 1 is 1.50 bits per heavy atom. The summed E-state index contributed by atoms with van der Waals surface area (Å²) in [7, 11) is 1.78. The van der Waals surface area contributed by atoms with Gasteiger partial charge in [0.2, 0.25) is 0 Å². The van der Waals surface area contributed by atoms with Gasteiger partial charge in [-0.25, -0.2) is 0 Å². The average Bonchev–Trinajstić information content (AvgIpc) is 2.99. The van der Waals surface area contributed by atoms with Crippen LogP contribution in [0.2, 0.25) is 0 Å². The number of likely N-dealkylation sites (N-methyl/N-ethyl adjacent to an activating group) is 1. The van der Waals surface area contributed by atoms with Crippen molar-refractivity contribution in [3.8, 4) is 0 Å². The lowest BCUT2D eigenvalue weighted by Crippen LogP contribution is -2.43. The molecule has 1 aliphatic carbocycles. The van der Waals surface area contributed by atoms with Crippen LogP contribution in [0.15, 0.2) is 0 Å². The van der Waals surface area contributed by atoms with Gasteiger partial charge in [-0.15, -0.1) is 0 Å². The Kier molecular flexibility index (Phi) is 5.45. The van der Waals surface area contributed by atoms with Crippen molar-refractivity contribution in [3.63, 3.8) is 0 Å². The first-order chi connectivity index (χ1) is 6.79.